The van der Waals surface area contributed by atoms with Crippen molar-refractivity contribution in [3.05, 3.63) is 22.7 Å². The maximum Gasteiger partial charge on any atom is 0.238 e. The number of nitrogen functional groups attached to an aromatic ring is 1. The molecule has 0 saturated heterocycles. The number of anilines is 1. The Kier molecular flexibility index (Phi) is 5.59. The van der Waals surface area contributed by atoms with Crippen LogP contribution in [0.3, 0.4) is 0 Å². The largest absolute Gasteiger partial charge is 0.398 e. The van der Waals surface area contributed by atoms with Gasteiger partial charge in [0.15, 0.2) is 9.84 Å². The van der Waals surface area contributed by atoms with Gasteiger partial charge >= 0.3 is 0 Å². The maximum atomic E-state index is 12.5. The maximum absolute atomic E-state index is 12.5. The van der Waals surface area contributed by atoms with Crippen LogP contribution in [0.2, 0.25) is 0 Å². The molecule has 1 amide bonds. The summed E-state index contributed by atoms with van der Waals surface area (Å²) in [6.07, 6.45) is 0.734. The highest BCUT2D eigenvalue weighted by atomic mass is 79.9. The molecule has 5 nitrogen and oxygen atoms in total. The molecule has 112 valence electrons. The summed E-state index contributed by atoms with van der Waals surface area (Å²) in [5.74, 6) is -0.515. The lowest BCUT2D eigenvalue weighted by Gasteiger charge is -2.17. The number of hydrogen-bond donors (Lipinski definition) is 2. The summed E-state index contributed by atoms with van der Waals surface area (Å²) in [4.78, 5) is 12.0. The second-order valence-corrected chi connectivity index (χ2v) is 7.84. The van der Waals surface area contributed by atoms with E-state index in [-0.39, 0.29) is 16.6 Å². The van der Waals surface area contributed by atoms with Crippen LogP contribution in [-0.2, 0) is 14.6 Å². The molecule has 2 atom stereocenters. The summed E-state index contributed by atoms with van der Waals surface area (Å²) in [6.45, 7) is 5.11. The van der Waals surface area contributed by atoms with Gasteiger partial charge in [-0.1, -0.05) is 22.9 Å². The lowest BCUT2D eigenvalue weighted by atomic mass is 10.2. The second-order valence-electron chi connectivity index (χ2n) is 4.69. The van der Waals surface area contributed by atoms with Crippen molar-refractivity contribution < 1.29 is 13.2 Å². The number of sulfone groups is 1. The molecule has 0 fully saturated rings. The Morgan fingerprint density at radius 2 is 2.00 bits per heavy atom. The molecule has 0 spiro atoms. The third-order valence-corrected chi connectivity index (χ3v) is 5.72. The van der Waals surface area contributed by atoms with Crippen LogP contribution in [0.4, 0.5) is 5.69 Å². The zero-order chi connectivity index (χ0) is 15.5. The van der Waals surface area contributed by atoms with Crippen LogP contribution in [0, 0.1) is 0 Å². The molecule has 0 heterocycles. The molecule has 0 aliphatic heterocycles. The monoisotopic (exact) mass is 362 g/mol. The van der Waals surface area contributed by atoms with Crippen LogP contribution in [0.1, 0.15) is 27.2 Å². The molecule has 3 N–H and O–H groups in total. The first kappa shape index (κ1) is 17.0. The quantitative estimate of drug-likeness (QED) is 0.784. The summed E-state index contributed by atoms with van der Waals surface area (Å²) in [6, 6.07) is 4.49. The molecule has 2 unspecified atom stereocenters. The van der Waals surface area contributed by atoms with E-state index in [0.717, 1.165) is 6.42 Å². The highest BCUT2D eigenvalue weighted by Gasteiger charge is 2.31. The van der Waals surface area contributed by atoms with Crippen LogP contribution in [0.5, 0.6) is 0 Å². The lowest BCUT2D eigenvalue weighted by molar-refractivity contribution is -0.121. The van der Waals surface area contributed by atoms with Crippen molar-refractivity contribution in [2.24, 2.45) is 0 Å². The minimum absolute atomic E-state index is 0.0290. The zero-order valence-electron chi connectivity index (χ0n) is 11.7. The van der Waals surface area contributed by atoms with Crippen molar-refractivity contribution in [1.29, 1.82) is 0 Å². The van der Waals surface area contributed by atoms with Crippen LogP contribution in [0.15, 0.2) is 27.6 Å². The Balaban J connectivity index is 3.10. The van der Waals surface area contributed by atoms with E-state index in [0.29, 0.717) is 4.47 Å². The fourth-order valence-electron chi connectivity index (χ4n) is 1.55. The number of carbonyl (C=O) groups excluding carboxylic acids is 1. The summed E-state index contributed by atoms with van der Waals surface area (Å²) in [5, 5.41) is 1.48. The van der Waals surface area contributed by atoms with Gasteiger partial charge in [-0.15, -0.1) is 0 Å². The number of carbonyl (C=O) groups is 1. The van der Waals surface area contributed by atoms with E-state index < -0.39 is 21.0 Å². The van der Waals surface area contributed by atoms with Gasteiger partial charge in [0.1, 0.15) is 5.25 Å². The first-order valence-electron chi connectivity index (χ1n) is 6.29. The molecule has 0 radical (unpaired) electrons. The predicted octanol–water partition coefficient (Wildman–Crippen LogP) is 2.11. The van der Waals surface area contributed by atoms with Gasteiger partial charge in [0, 0.05) is 10.5 Å². The Labute approximate surface area is 128 Å². The van der Waals surface area contributed by atoms with E-state index in [2.05, 4.69) is 21.2 Å². The van der Waals surface area contributed by atoms with Crippen LogP contribution < -0.4 is 11.1 Å². The zero-order valence-corrected chi connectivity index (χ0v) is 14.1. The molecule has 0 aliphatic rings. The van der Waals surface area contributed by atoms with Gasteiger partial charge in [0.25, 0.3) is 0 Å². The molecule has 1 aromatic rings. The van der Waals surface area contributed by atoms with Crippen molar-refractivity contribution in [2.45, 2.75) is 43.4 Å². The number of nitrogens with two attached hydrogens (primary N) is 1. The highest BCUT2D eigenvalue weighted by molar-refractivity contribution is 9.10. The lowest BCUT2D eigenvalue weighted by Crippen LogP contribution is -2.42. The fraction of sp³-hybridized carbons (Fsp3) is 0.462. The molecular formula is C13H19BrN2O3S. The van der Waals surface area contributed by atoms with E-state index in [4.69, 9.17) is 5.73 Å². The minimum Gasteiger partial charge on any atom is -0.398 e. The molecule has 0 aliphatic carbocycles. The molecule has 20 heavy (non-hydrogen) atoms. The summed E-state index contributed by atoms with van der Waals surface area (Å²) < 4.78 is 25.5. The van der Waals surface area contributed by atoms with Crippen LogP contribution in [0.25, 0.3) is 0 Å². The van der Waals surface area contributed by atoms with Crippen LogP contribution >= 0.6 is 15.9 Å². The van der Waals surface area contributed by atoms with Crippen molar-refractivity contribution >= 4 is 37.4 Å². The van der Waals surface area contributed by atoms with Crippen molar-refractivity contribution in [3.63, 3.8) is 0 Å². The predicted molar refractivity (Wildman–Crippen MR) is 83.1 cm³/mol. The van der Waals surface area contributed by atoms with Gasteiger partial charge in [-0.2, -0.15) is 0 Å². The van der Waals surface area contributed by atoms with Crippen molar-refractivity contribution in [3.8, 4) is 0 Å². The Morgan fingerprint density at radius 3 is 2.55 bits per heavy atom. The molecular weight excluding hydrogens is 344 g/mol. The average molecular weight is 363 g/mol. The molecule has 0 bridgehead atoms. The van der Waals surface area contributed by atoms with E-state index in [1.165, 1.54) is 19.1 Å². The summed E-state index contributed by atoms with van der Waals surface area (Å²) in [7, 11) is -3.81. The Morgan fingerprint density at radius 1 is 1.40 bits per heavy atom. The van der Waals surface area contributed by atoms with Gasteiger partial charge in [-0.3, -0.25) is 4.79 Å². The number of halogens is 1. The first-order chi connectivity index (χ1) is 9.20. The molecule has 0 saturated carbocycles. The topological polar surface area (TPSA) is 89.3 Å². The average Bonchev–Trinajstić information content (AvgIpc) is 2.40. The first-order valence-corrected chi connectivity index (χ1v) is 8.63. The standard InChI is InChI=1S/C13H19BrN2O3S/c1-4-8(2)16-13(17)9(3)20(18,19)12-7-10(14)5-6-11(12)15/h5-9H,4,15H2,1-3H3,(H,16,17). The minimum atomic E-state index is -3.81. The van der Waals surface area contributed by atoms with Gasteiger partial charge in [-0.25, -0.2) is 8.42 Å². The number of benzene rings is 1. The summed E-state index contributed by atoms with van der Waals surface area (Å²) >= 11 is 3.21. The van der Waals surface area contributed by atoms with Gasteiger partial charge in [0.05, 0.1) is 10.6 Å². The summed E-state index contributed by atoms with van der Waals surface area (Å²) in [5.41, 5.74) is 5.84. The van der Waals surface area contributed by atoms with E-state index >= 15 is 0 Å². The molecule has 1 aromatic carbocycles. The smallest absolute Gasteiger partial charge is 0.238 e. The van der Waals surface area contributed by atoms with Crippen LogP contribution in [-0.4, -0.2) is 25.6 Å². The Hall–Kier alpha value is -1.08. The number of amides is 1. The Bertz CT molecular complexity index is 602. The van der Waals surface area contributed by atoms with Crippen molar-refractivity contribution in [2.75, 3.05) is 5.73 Å². The van der Waals surface area contributed by atoms with Gasteiger partial charge < -0.3 is 11.1 Å². The highest BCUT2D eigenvalue weighted by Crippen LogP contribution is 2.26. The van der Waals surface area contributed by atoms with Gasteiger partial charge in [0.2, 0.25) is 5.91 Å². The molecule has 1 rings (SSSR count). The third kappa shape index (κ3) is 3.73. The fourth-order valence-corrected chi connectivity index (χ4v) is 3.48. The SMILES string of the molecule is CCC(C)NC(=O)C(C)S(=O)(=O)c1cc(Br)ccc1N. The van der Waals surface area contributed by atoms with Crippen molar-refractivity contribution in [1.82, 2.24) is 5.32 Å². The molecule has 7 heteroatoms. The molecule has 0 aromatic heterocycles. The van der Waals surface area contributed by atoms with Gasteiger partial charge in [-0.05, 0) is 38.5 Å². The van der Waals surface area contributed by atoms with E-state index in [9.17, 15) is 13.2 Å². The number of rotatable bonds is 5. The number of nitrogens with one attached hydrogen (secondary N) is 1. The third-order valence-electron chi connectivity index (χ3n) is 3.12. The second kappa shape index (κ2) is 6.58. The normalized spacial score (nSPS) is 14.6. The number of hydrogen-bond acceptors (Lipinski definition) is 4. The van der Waals surface area contributed by atoms with E-state index in [1.54, 1.807) is 6.07 Å². The van der Waals surface area contributed by atoms with E-state index in [1.807, 2.05) is 13.8 Å².